The molecule has 1 aromatic heterocycles. The van der Waals surface area contributed by atoms with Gasteiger partial charge in [0.25, 0.3) is 0 Å². The molecule has 156 valence electrons. The molecule has 0 bridgehead atoms. The Kier molecular flexibility index (Phi) is 6.24. The number of nitrogens with two attached hydrogens (primary N) is 1. The Morgan fingerprint density at radius 2 is 1.97 bits per heavy atom. The van der Waals surface area contributed by atoms with Gasteiger partial charge in [0.15, 0.2) is 11.6 Å². The molecule has 29 heavy (non-hydrogen) atoms. The van der Waals surface area contributed by atoms with E-state index in [9.17, 15) is 0 Å². The zero-order valence-corrected chi connectivity index (χ0v) is 20.3. The predicted molar refractivity (Wildman–Crippen MR) is 123 cm³/mol. The number of halogens is 3. The van der Waals surface area contributed by atoms with E-state index in [0.717, 1.165) is 55.2 Å². The summed E-state index contributed by atoms with van der Waals surface area (Å²) in [7, 11) is 0. The van der Waals surface area contributed by atoms with E-state index < -0.39 is 0 Å². The van der Waals surface area contributed by atoms with E-state index in [0.29, 0.717) is 37.0 Å². The van der Waals surface area contributed by atoms with Crippen LogP contribution in [0, 0.1) is 12.3 Å². The van der Waals surface area contributed by atoms with E-state index >= 15 is 0 Å². The minimum atomic E-state index is 0.318. The highest BCUT2D eigenvalue weighted by atomic mass is 79.9. The average Bonchev–Trinajstić information content (AvgIpc) is 3.05. The van der Waals surface area contributed by atoms with Gasteiger partial charge in [0.05, 0.1) is 22.8 Å². The number of anilines is 2. The van der Waals surface area contributed by atoms with Crippen molar-refractivity contribution in [2.45, 2.75) is 49.1 Å². The van der Waals surface area contributed by atoms with Gasteiger partial charge in [-0.2, -0.15) is 0 Å². The molecular formula is C20H23BrCl2N4OS. The van der Waals surface area contributed by atoms with Crippen molar-refractivity contribution < 1.29 is 4.74 Å². The fourth-order valence-electron chi connectivity index (χ4n) is 4.08. The van der Waals surface area contributed by atoms with Gasteiger partial charge in [0.2, 0.25) is 0 Å². The summed E-state index contributed by atoms with van der Waals surface area (Å²) in [5.41, 5.74) is 7.51. The molecule has 9 heteroatoms. The second kappa shape index (κ2) is 8.42. The van der Waals surface area contributed by atoms with Crippen LogP contribution in [-0.4, -0.2) is 35.8 Å². The van der Waals surface area contributed by atoms with E-state index in [1.165, 1.54) is 11.8 Å². The first kappa shape index (κ1) is 21.5. The van der Waals surface area contributed by atoms with Crippen molar-refractivity contribution in [3.63, 3.8) is 0 Å². The molecule has 0 unspecified atom stereocenters. The van der Waals surface area contributed by atoms with Crippen LogP contribution < -0.4 is 10.6 Å². The van der Waals surface area contributed by atoms with Gasteiger partial charge >= 0.3 is 0 Å². The van der Waals surface area contributed by atoms with Gasteiger partial charge in [-0.25, -0.2) is 9.97 Å². The second-order valence-corrected chi connectivity index (χ2v) is 10.5. The molecule has 4 rings (SSSR count). The molecule has 0 amide bonds. The summed E-state index contributed by atoms with van der Waals surface area (Å²) in [5.74, 6) is 1.18. The quantitative estimate of drug-likeness (QED) is 0.540. The molecule has 2 aromatic rings. The monoisotopic (exact) mass is 516 g/mol. The number of hydrogen-bond donors (Lipinski definition) is 1. The fourth-order valence-corrected chi connectivity index (χ4v) is 6.09. The number of hydrogen-bond acceptors (Lipinski definition) is 6. The molecule has 2 aliphatic rings. The number of aromatic nitrogens is 2. The van der Waals surface area contributed by atoms with Gasteiger partial charge in [-0.1, -0.05) is 41.0 Å². The summed E-state index contributed by atoms with van der Waals surface area (Å²) in [6, 6.07) is 3.85. The van der Waals surface area contributed by atoms with Crippen LogP contribution in [0.25, 0.3) is 0 Å². The number of nitrogens with zero attached hydrogens (tertiary/aromatic N) is 3. The highest BCUT2D eigenvalue weighted by molar-refractivity contribution is 9.10. The Hall–Kier alpha value is -0.730. The van der Waals surface area contributed by atoms with Crippen molar-refractivity contribution >= 4 is 62.5 Å². The van der Waals surface area contributed by atoms with E-state index in [1.807, 2.05) is 19.1 Å². The van der Waals surface area contributed by atoms with Gasteiger partial charge in [0.1, 0.15) is 9.63 Å². The van der Waals surface area contributed by atoms with Crippen molar-refractivity contribution in [3.05, 3.63) is 32.3 Å². The highest BCUT2D eigenvalue weighted by Crippen LogP contribution is 2.44. The van der Waals surface area contributed by atoms with Crippen LogP contribution in [0.3, 0.4) is 0 Å². The number of nitrogen functional groups attached to an aromatic ring is 1. The highest BCUT2D eigenvalue weighted by Gasteiger charge is 2.41. The van der Waals surface area contributed by atoms with Crippen LogP contribution in [0.2, 0.25) is 10.0 Å². The summed E-state index contributed by atoms with van der Waals surface area (Å²) in [6.45, 7) is 6.80. The zero-order chi connectivity index (χ0) is 20.8. The van der Waals surface area contributed by atoms with Gasteiger partial charge < -0.3 is 15.4 Å². The molecule has 2 aliphatic heterocycles. The van der Waals surface area contributed by atoms with Crippen molar-refractivity contribution in [3.8, 4) is 0 Å². The summed E-state index contributed by atoms with van der Waals surface area (Å²) in [5, 5.41) is 1.66. The molecule has 0 aliphatic carbocycles. The Bertz CT molecular complexity index is 937. The van der Waals surface area contributed by atoms with Crippen LogP contribution >= 0.6 is 50.9 Å². The number of ether oxygens (including phenoxy) is 1. The molecule has 0 saturated carbocycles. The molecule has 2 N–H and O–H groups in total. The molecule has 0 radical (unpaired) electrons. The molecule has 3 heterocycles. The lowest BCUT2D eigenvalue weighted by Gasteiger charge is -2.39. The van der Waals surface area contributed by atoms with Crippen LogP contribution in [0.5, 0.6) is 0 Å². The zero-order valence-electron chi connectivity index (χ0n) is 16.3. The summed E-state index contributed by atoms with van der Waals surface area (Å²) >= 11 is 17.6. The summed E-state index contributed by atoms with van der Waals surface area (Å²) in [6.07, 6.45) is 3.70. The Morgan fingerprint density at radius 3 is 2.62 bits per heavy atom. The molecule has 2 saturated heterocycles. The van der Waals surface area contributed by atoms with E-state index in [-0.39, 0.29) is 0 Å². The molecule has 1 spiro atoms. The van der Waals surface area contributed by atoms with E-state index in [4.69, 9.17) is 33.7 Å². The van der Waals surface area contributed by atoms with Crippen LogP contribution in [0.4, 0.5) is 11.6 Å². The normalized spacial score (nSPS) is 21.1. The van der Waals surface area contributed by atoms with Crippen LogP contribution in [0.15, 0.2) is 26.7 Å². The van der Waals surface area contributed by atoms with E-state index in [2.05, 4.69) is 37.7 Å². The SMILES string of the molecule is Cc1ccc(Sc2nc(Br)c(N3CCC4(CC3)CO[C@@H](C)C4)nc2N)c(Cl)c1Cl. The van der Waals surface area contributed by atoms with Crippen molar-refractivity contribution in [2.24, 2.45) is 5.41 Å². The first-order chi connectivity index (χ1) is 13.8. The minimum absolute atomic E-state index is 0.318. The molecule has 1 atom stereocenters. The Balaban J connectivity index is 1.52. The lowest BCUT2D eigenvalue weighted by Crippen LogP contribution is -2.41. The number of piperidine rings is 1. The van der Waals surface area contributed by atoms with Crippen LogP contribution in [0.1, 0.15) is 31.7 Å². The third-order valence-electron chi connectivity index (χ3n) is 5.79. The van der Waals surface area contributed by atoms with Crippen LogP contribution in [-0.2, 0) is 4.74 Å². The third-order valence-corrected chi connectivity index (χ3v) is 8.47. The Morgan fingerprint density at radius 1 is 1.24 bits per heavy atom. The smallest absolute Gasteiger partial charge is 0.164 e. The molecule has 1 aromatic carbocycles. The fraction of sp³-hybridized carbons (Fsp3) is 0.500. The van der Waals surface area contributed by atoms with Gasteiger partial charge in [-0.3, -0.25) is 0 Å². The molecular weight excluding hydrogens is 495 g/mol. The number of rotatable bonds is 3. The summed E-state index contributed by atoms with van der Waals surface area (Å²) in [4.78, 5) is 12.4. The second-order valence-electron chi connectivity index (χ2n) is 7.95. The van der Waals surface area contributed by atoms with Gasteiger partial charge in [-0.15, -0.1) is 0 Å². The maximum absolute atomic E-state index is 6.39. The Labute approximate surface area is 193 Å². The van der Waals surface area contributed by atoms with Crippen molar-refractivity contribution in [2.75, 3.05) is 30.3 Å². The number of benzene rings is 1. The first-order valence-corrected chi connectivity index (χ1v) is 12.0. The minimum Gasteiger partial charge on any atom is -0.381 e. The van der Waals surface area contributed by atoms with Crippen molar-refractivity contribution in [1.82, 2.24) is 9.97 Å². The number of aryl methyl sites for hydroxylation is 1. The largest absolute Gasteiger partial charge is 0.381 e. The molecule has 5 nitrogen and oxygen atoms in total. The topological polar surface area (TPSA) is 64.3 Å². The van der Waals surface area contributed by atoms with E-state index in [1.54, 1.807) is 0 Å². The third kappa shape index (κ3) is 4.35. The first-order valence-electron chi connectivity index (χ1n) is 9.60. The predicted octanol–water partition coefficient (Wildman–Crippen LogP) is 5.98. The van der Waals surface area contributed by atoms with Gasteiger partial charge in [0, 0.05) is 18.0 Å². The average molecular weight is 518 g/mol. The lowest BCUT2D eigenvalue weighted by molar-refractivity contribution is 0.0975. The standard InChI is InChI=1S/C20H23BrCl2N4OS/c1-11-3-4-13(15(23)14(11)22)29-19-17(24)26-18(16(21)25-19)27-7-5-20(6-8-27)9-12(2)28-10-20/h3-4,12H,5-10H2,1-2H3,(H2,24,26)/t12-/m0/s1. The van der Waals surface area contributed by atoms with Crippen molar-refractivity contribution in [1.29, 1.82) is 0 Å². The molecule has 2 fully saturated rings. The summed E-state index contributed by atoms with van der Waals surface area (Å²) < 4.78 is 6.52. The maximum atomic E-state index is 6.39. The maximum Gasteiger partial charge on any atom is 0.164 e. The lowest BCUT2D eigenvalue weighted by atomic mass is 9.77. The van der Waals surface area contributed by atoms with Gasteiger partial charge in [-0.05, 0) is 66.1 Å².